The van der Waals surface area contributed by atoms with Gasteiger partial charge in [0, 0.05) is 18.5 Å². The van der Waals surface area contributed by atoms with Gasteiger partial charge in [0.1, 0.15) is 0 Å². The van der Waals surface area contributed by atoms with E-state index in [1.54, 1.807) is 11.5 Å². The molecule has 0 atom stereocenters. The first-order valence-corrected chi connectivity index (χ1v) is 6.60. The largest absolute Gasteiger partial charge is 0.287 e. The van der Waals surface area contributed by atoms with Crippen molar-refractivity contribution < 1.29 is 4.79 Å². The third kappa shape index (κ3) is 2.28. The summed E-state index contributed by atoms with van der Waals surface area (Å²) in [4.78, 5) is 11.7. The van der Waals surface area contributed by atoms with Gasteiger partial charge >= 0.3 is 0 Å². The second-order valence-corrected chi connectivity index (χ2v) is 4.73. The van der Waals surface area contributed by atoms with E-state index >= 15 is 0 Å². The van der Waals surface area contributed by atoms with Crippen molar-refractivity contribution in [3.8, 4) is 0 Å². The van der Waals surface area contributed by atoms with Crippen molar-refractivity contribution in [1.82, 2.24) is 4.57 Å². The van der Waals surface area contributed by atoms with Crippen LogP contribution in [0.1, 0.15) is 22.8 Å². The zero-order valence-electron chi connectivity index (χ0n) is 11.3. The van der Waals surface area contributed by atoms with Crippen molar-refractivity contribution >= 4 is 29.0 Å². The van der Waals surface area contributed by atoms with Gasteiger partial charge in [-0.15, -0.1) is 0 Å². The van der Waals surface area contributed by atoms with Gasteiger partial charge in [0.05, 0.1) is 5.52 Å². The summed E-state index contributed by atoms with van der Waals surface area (Å²) in [6, 6.07) is 18.2. The minimum atomic E-state index is 0.0283. The summed E-state index contributed by atoms with van der Waals surface area (Å²) >= 11 is 0. The summed E-state index contributed by atoms with van der Waals surface area (Å²) in [6.45, 7) is 1.58. The predicted molar refractivity (Wildman–Crippen MR) is 83.6 cm³/mol. The molecular formula is C18H15NO. The fraction of sp³-hybridized carbons (Fsp3) is 0.0556. The van der Waals surface area contributed by atoms with Crippen LogP contribution in [0, 0.1) is 0 Å². The lowest BCUT2D eigenvalue weighted by molar-refractivity contribution is 0.0941. The van der Waals surface area contributed by atoms with Gasteiger partial charge in [-0.1, -0.05) is 60.7 Å². The molecule has 0 N–H and O–H groups in total. The zero-order valence-corrected chi connectivity index (χ0v) is 11.3. The molecule has 2 nitrogen and oxygen atoms in total. The lowest BCUT2D eigenvalue weighted by Crippen LogP contribution is -2.03. The molecule has 0 saturated heterocycles. The fourth-order valence-corrected chi connectivity index (χ4v) is 2.37. The number of hydrogen-bond donors (Lipinski definition) is 0. The van der Waals surface area contributed by atoms with E-state index in [1.165, 1.54) is 0 Å². The lowest BCUT2D eigenvalue weighted by Gasteiger charge is -2.03. The van der Waals surface area contributed by atoms with Crippen LogP contribution in [0.25, 0.3) is 23.1 Å². The van der Waals surface area contributed by atoms with E-state index < -0.39 is 0 Å². The molecule has 1 aromatic heterocycles. The maximum Gasteiger partial charge on any atom is 0.227 e. The Morgan fingerprint density at radius 3 is 2.50 bits per heavy atom. The number of benzene rings is 2. The minimum Gasteiger partial charge on any atom is -0.287 e. The molecule has 98 valence electrons. The minimum absolute atomic E-state index is 0.0283. The van der Waals surface area contributed by atoms with Gasteiger partial charge in [-0.2, -0.15) is 0 Å². The summed E-state index contributed by atoms with van der Waals surface area (Å²) < 4.78 is 1.69. The van der Waals surface area contributed by atoms with E-state index in [9.17, 15) is 4.79 Å². The first-order chi connectivity index (χ1) is 9.75. The normalized spacial score (nSPS) is 11.2. The molecule has 3 aromatic rings. The van der Waals surface area contributed by atoms with Gasteiger partial charge < -0.3 is 0 Å². The average Bonchev–Trinajstić information content (AvgIpc) is 2.91. The molecule has 2 aromatic carbocycles. The Morgan fingerprint density at radius 2 is 1.75 bits per heavy atom. The van der Waals surface area contributed by atoms with Crippen LogP contribution in [-0.2, 0) is 0 Å². The number of fused-ring (bicyclic) bond motifs is 1. The van der Waals surface area contributed by atoms with Crippen molar-refractivity contribution in [2.45, 2.75) is 6.92 Å². The quantitative estimate of drug-likeness (QED) is 0.624. The lowest BCUT2D eigenvalue weighted by atomic mass is 10.1. The van der Waals surface area contributed by atoms with Crippen LogP contribution in [0.5, 0.6) is 0 Å². The molecule has 2 heteroatoms. The Hall–Kier alpha value is -2.61. The Balaban J connectivity index is 2.10. The number of carbonyl (C=O) groups excluding carboxylic acids is 1. The zero-order chi connectivity index (χ0) is 13.9. The van der Waals surface area contributed by atoms with Crippen LogP contribution in [0.4, 0.5) is 0 Å². The van der Waals surface area contributed by atoms with Crippen molar-refractivity contribution in [2.75, 3.05) is 0 Å². The molecular weight excluding hydrogens is 246 g/mol. The van der Waals surface area contributed by atoms with Crippen LogP contribution in [-0.4, -0.2) is 10.5 Å². The van der Waals surface area contributed by atoms with Crippen molar-refractivity contribution in [3.63, 3.8) is 0 Å². The van der Waals surface area contributed by atoms with Gasteiger partial charge in [0.2, 0.25) is 5.91 Å². The molecule has 0 saturated carbocycles. The molecule has 0 radical (unpaired) electrons. The topological polar surface area (TPSA) is 22.0 Å². The maximum absolute atomic E-state index is 11.7. The molecule has 0 aliphatic carbocycles. The van der Waals surface area contributed by atoms with Crippen LogP contribution in [0.15, 0.2) is 60.8 Å². The standard InChI is InChI=1S/C18H15NO/c1-14(20)19-13-12-17-9-5-8-16(18(17)19)11-10-15-6-3-2-4-7-15/h2-13H,1H3/b11-10+. The van der Waals surface area contributed by atoms with E-state index in [-0.39, 0.29) is 5.91 Å². The van der Waals surface area contributed by atoms with Crippen molar-refractivity contribution in [3.05, 3.63) is 71.9 Å². The molecule has 0 fully saturated rings. The molecule has 0 unspecified atom stereocenters. The van der Waals surface area contributed by atoms with E-state index in [1.807, 2.05) is 48.7 Å². The number of para-hydroxylation sites is 1. The smallest absolute Gasteiger partial charge is 0.227 e. The summed E-state index contributed by atoms with van der Waals surface area (Å²) in [6.07, 6.45) is 5.94. The molecule has 0 bridgehead atoms. The first-order valence-electron chi connectivity index (χ1n) is 6.60. The van der Waals surface area contributed by atoms with E-state index in [0.717, 1.165) is 22.0 Å². The third-order valence-electron chi connectivity index (χ3n) is 3.34. The summed E-state index contributed by atoms with van der Waals surface area (Å²) in [5.74, 6) is 0.0283. The van der Waals surface area contributed by atoms with E-state index in [4.69, 9.17) is 0 Å². The second kappa shape index (κ2) is 5.17. The van der Waals surface area contributed by atoms with Crippen LogP contribution >= 0.6 is 0 Å². The first kappa shape index (κ1) is 12.4. The molecule has 20 heavy (non-hydrogen) atoms. The van der Waals surface area contributed by atoms with Crippen LogP contribution in [0.2, 0.25) is 0 Å². The Morgan fingerprint density at radius 1 is 0.950 bits per heavy atom. The highest BCUT2D eigenvalue weighted by atomic mass is 16.1. The number of carbonyl (C=O) groups is 1. The average molecular weight is 261 g/mol. The van der Waals surface area contributed by atoms with Crippen LogP contribution in [0.3, 0.4) is 0 Å². The molecule has 0 amide bonds. The number of hydrogen-bond acceptors (Lipinski definition) is 1. The van der Waals surface area contributed by atoms with Gasteiger partial charge in [0.15, 0.2) is 0 Å². The monoisotopic (exact) mass is 261 g/mol. The van der Waals surface area contributed by atoms with Crippen molar-refractivity contribution in [2.24, 2.45) is 0 Å². The van der Waals surface area contributed by atoms with Crippen LogP contribution < -0.4 is 0 Å². The Bertz CT molecular complexity index is 782. The maximum atomic E-state index is 11.7. The summed E-state index contributed by atoms with van der Waals surface area (Å²) in [5, 5.41) is 1.08. The Kier molecular flexibility index (Phi) is 3.21. The SMILES string of the molecule is CC(=O)n1ccc2cccc(/C=C/c3ccccc3)c21. The highest BCUT2D eigenvalue weighted by molar-refractivity contribution is 5.97. The summed E-state index contributed by atoms with van der Waals surface area (Å²) in [5.41, 5.74) is 3.16. The van der Waals surface area contributed by atoms with Gasteiger partial charge in [0.25, 0.3) is 0 Å². The molecule has 3 rings (SSSR count). The molecule has 0 aliphatic rings. The Labute approximate surface area is 118 Å². The van der Waals surface area contributed by atoms with Gasteiger partial charge in [-0.05, 0) is 17.2 Å². The summed E-state index contributed by atoms with van der Waals surface area (Å²) in [7, 11) is 0. The van der Waals surface area contributed by atoms with Gasteiger partial charge in [-0.25, -0.2) is 0 Å². The molecule has 1 heterocycles. The second-order valence-electron chi connectivity index (χ2n) is 4.73. The number of aromatic nitrogens is 1. The van der Waals surface area contributed by atoms with Crippen molar-refractivity contribution in [1.29, 1.82) is 0 Å². The van der Waals surface area contributed by atoms with Gasteiger partial charge in [-0.3, -0.25) is 9.36 Å². The van der Waals surface area contributed by atoms with E-state index in [0.29, 0.717) is 0 Å². The fourth-order valence-electron chi connectivity index (χ4n) is 2.37. The number of rotatable bonds is 2. The molecule has 0 spiro atoms. The predicted octanol–water partition coefficient (Wildman–Crippen LogP) is 4.47. The third-order valence-corrected chi connectivity index (χ3v) is 3.34. The van der Waals surface area contributed by atoms with E-state index in [2.05, 4.69) is 24.3 Å². The number of nitrogens with zero attached hydrogens (tertiary/aromatic N) is 1. The highest BCUT2D eigenvalue weighted by Crippen LogP contribution is 2.22. The highest BCUT2D eigenvalue weighted by Gasteiger charge is 2.07. The molecule has 0 aliphatic heterocycles.